The van der Waals surface area contributed by atoms with Crippen LogP contribution in [0.15, 0.2) is 4.47 Å². The summed E-state index contributed by atoms with van der Waals surface area (Å²) in [7, 11) is 0. The topological polar surface area (TPSA) is 25.8 Å². The number of benzene rings is 2. The molecule has 0 saturated heterocycles. The van der Waals surface area contributed by atoms with Crippen molar-refractivity contribution in [2.24, 2.45) is 0 Å². The maximum Gasteiger partial charge on any atom is 0.200 e. The van der Waals surface area contributed by atoms with Crippen LogP contribution in [0.3, 0.4) is 0 Å². The lowest BCUT2D eigenvalue weighted by Gasteiger charge is -2.15. The van der Waals surface area contributed by atoms with Gasteiger partial charge >= 0.3 is 0 Å². The van der Waals surface area contributed by atoms with Gasteiger partial charge in [0.25, 0.3) is 0 Å². The molecule has 0 N–H and O–H groups in total. The van der Waals surface area contributed by atoms with E-state index in [9.17, 15) is 22.0 Å². The minimum Gasteiger partial charge on any atom is -0.203 e. The first-order chi connectivity index (χ1) is 10.8. The third kappa shape index (κ3) is 2.17. The number of aryl methyl sites for hydroxylation is 2. The van der Waals surface area contributed by atoms with E-state index in [-0.39, 0.29) is 15.6 Å². The quantitative estimate of drug-likeness (QED) is 0.304. The molecule has 1 heterocycles. The summed E-state index contributed by atoms with van der Waals surface area (Å²) in [4.78, 5) is 0. The number of halogens is 6. The lowest BCUT2D eigenvalue weighted by Crippen LogP contribution is -2.06. The van der Waals surface area contributed by atoms with Crippen LogP contribution >= 0.6 is 27.7 Å². The number of nitrogens with zero attached hydrogens (tertiary/aromatic N) is 2. The van der Waals surface area contributed by atoms with Gasteiger partial charge in [-0.05, 0) is 40.9 Å². The average Bonchev–Trinajstić information content (AvgIpc) is 3.02. The SMILES string of the molecule is Cc1c(Br)c(-c2c(F)c(F)c(F)c(F)c2F)c(C)c2nsnc12. The molecule has 0 unspecified atom stereocenters. The van der Waals surface area contributed by atoms with Crippen LogP contribution in [0.4, 0.5) is 22.0 Å². The lowest BCUT2D eigenvalue weighted by molar-refractivity contribution is 0.381. The van der Waals surface area contributed by atoms with Crippen LogP contribution in [0.2, 0.25) is 0 Å². The van der Waals surface area contributed by atoms with Gasteiger partial charge in [-0.15, -0.1) is 0 Å². The van der Waals surface area contributed by atoms with Gasteiger partial charge in [0.05, 0.1) is 17.3 Å². The molecule has 0 radical (unpaired) electrons. The molecule has 0 aliphatic carbocycles. The number of fused-ring (bicyclic) bond motifs is 1. The second-order valence-corrected chi connectivity index (χ2v) is 6.17. The molecule has 0 atom stereocenters. The van der Waals surface area contributed by atoms with Gasteiger partial charge in [-0.3, -0.25) is 0 Å². The molecule has 0 aliphatic heterocycles. The summed E-state index contributed by atoms with van der Waals surface area (Å²) in [6, 6.07) is 0. The molecular formula is C14H6BrF5N2S. The minimum absolute atomic E-state index is 0.129. The molecule has 3 aromatic rings. The van der Waals surface area contributed by atoms with Crippen LogP contribution in [0.5, 0.6) is 0 Å². The van der Waals surface area contributed by atoms with Gasteiger partial charge in [0.15, 0.2) is 23.3 Å². The summed E-state index contributed by atoms with van der Waals surface area (Å²) < 4.78 is 76.8. The number of hydrogen-bond donors (Lipinski definition) is 0. The van der Waals surface area contributed by atoms with E-state index < -0.39 is 34.6 Å². The van der Waals surface area contributed by atoms with Gasteiger partial charge in [-0.2, -0.15) is 8.75 Å². The van der Waals surface area contributed by atoms with Gasteiger partial charge in [0, 0.05) is 10.0 Å². The van der Waals surface area contributed by atoms with E-state index in [1.54, 1.807) is 6.92 Å². The largest absolute Gasteiger partial charge is 0.203 e. The molecule has 2 nitrogen and oxygen atoms in total. The van der Waals surface area contributed by atoms with Crippen molar-refractivity contribution in [2.75, 3.05) is 0 Å². The second-order valence-electron chi connectivity index (χ2n) is 4.85. The van der Waals surface area contributed by atoms with Crippen LogP contribution < -0.4 is 0 Å². The number of hydrogen-bond acceptors (Lipinski definition) is 3. The van der Waals surface area contributed by atoms with Crippen LogP contribution in [-0.2, 0) is 0 Å². The first kappa shape index (κ1) is 16.3. The predicted octanol–water partition coefficient (Wildman–Crippen LogP) is 5.43. The van der Waals surface area contributed by atoms with E-state index >= 15 is 0 Å². The Bertz CT molecular complexity index is 941. The Labute approximate surface area is 139 Å². The van der Waals surface area contributed by atoms with Gasteiger partial charge in [-0.25, -0.2) is 22.0 Å². The van der Waals surface area contributed by atoms with Crippen molar-refractivity contribution in [3.63, 3.8) is 0 Å². The zero-order valence-electron chi connectivity index (χ0n) is 11.6. The maximum atomic E-state index is 14.1. The Balaban J connectivity index is 2.53. The molecule has 0 amide bonds. The van der Waals surface area contributed by atoms with Crippen LogP contribution in [-0.4, -0.2) is 8.75 Å². The highest BCUT2D eigenvalue weighted by Crippen LogP contribution is 2.42. The van der Waals surface area contributed by atoms with Crippen LogP contribution in [0.1, 0.15) is 11.1 Å². The summed E-state index contributed by atoms with van der Waals surface area (Å²) in [6.45, 7) is 3.10. The highest BCUT2D eigenvalue weighted by atomic mass is 79.9. The Kier molecular flexibility index (Phi) is 3.88. The first-order valence-electron chi connectivity index (χ1n) is 6.20. The molecule has 3 rings (SSSR count). The van der Waals surface area contributed by atoms with Gasteiger partial charge in [0.1, 0.15) is 11.0 Å². The monoisotopic (exact) mass is 408 g/mol. The molecule has 0 saturated carbocycles. The van der Waals surface area contributed by atoms with Crippen molar-refractivity contribution in [1.29, 1.82) is 0 Å². The zero-order valence-corrected chi connectivity index (χ0v) is 14.0. The van der Waals surface area contributed by atoms with Crippen molar-refractivity contribution >= 4 is 38.7 Å². The predicted molar refractivity (Wildman–Crippen MR) is 79.8 cm³/mol. The summed E-state index contributed by atoms with van der Waals surface area (Å²) in [5.41, 5.74) is 0.522. The van der Waals surface area contributed by atoms with Crippen molar-refractivity contribution in [2.45, 2.75) is 13.8 Å². The third-order valence-electron chi connectivity index (χ3n) is 3.58. The third-order valence-corrected chi connectivity index (χ3v) is 5.10. The fourth-order valence-electron chi connectivity index (χ4n) is 2.38. The van der Waals surface area contributed by atoms with E-state index in [0.717, 1.165) is 11.7 Å². The van der Waals surface area contributed by atoms with E-state index in [1.807, 2.05) is 0 Å². The Morgan fingerprint density at radius 3 is 1.65 bits per heavy atom. The molecule has 0 bridgehead atoms. The fourth-order valence-corrected chi connectivity index (χ4v) is 3.71. The van der Waals surface area contributed by atoms with Crippen molar-refractivity contribution in [1.82, 2.24) is 8.75 Å². The zero-order chi connectivity index (χ0) is 17.0. The van der Waals surface area contributed by atoms with Gasteiger partial charge < -0.3 is 0 Å². The van der Waals surface area contributed by atoms with E-state index in [0.29, 0.717) is 16.6 Å². The normalized spacial score (nSPS) is 11.5. The average molecular weight is 409 g/mol. The highest BCUT2D eigenvalue weighted by molar-refractivity contribution is 9.10. The smallest absolute Gasteiger partial charge is 0.200 e. The summed E-state index contributed by atoms with van der Waals surface area (Å²) in [6.07, 6.45) is 0. The Morgan fingerprint density at radius 1 is 0.696 bits per heavy atom. The van der Waals surface area contributed by atoms with E-state index in [2.05, 4.69) is 24.7 Å². The molecule has 9 heteroatoms. The van der Waals surface area contributed by atoms with Crippen molar-refractivity contribution < 1.29 is 22.0 Å². The molecular weight excluding hydrogens is 403 g/mol. The fraction of sp³-hybridized carbons (Fsp3) is 0.143. The Hall–Kier alpha value is -1.61. The first-order valence-corrected chi connectivity index (χ1v) is 7.72. The van der Waals surface area contributed by atoms with E-state index in [4.69, 9.17) is 0 Å². The van der Waals surface area contributed by atoms with Crippen molar-refractivity contribution in [3.8, 4) is 11.1 Å². The van der Waals surface area contributed by atoms with Gasteiger partial charge in [0.2, 0.25) is 5.82 Å². The van der Waals surface area contributed by atoms with Crippen molar-refractivity contribution in [3.05, 3.63) is 44.7 Å². The molecule has 0 fully saturated rings. The summed E-state index contributed by atoms with van der Waals surface area (Å²) in [5, 5.41) is 0. The van der Waals surface area contributed by atoms with Gasteiger partial charge in [-0.1, -0.05) is 0 Å². The molecule has 120 valence electrons. The highest BCUT2D eigenvalue weighted by Gasteiger charge is 2.30. The molecule has 1 aromatic heterocycles. The van der Waals surface area contributed by atoms with Crippen LogP contribution in [0.25, 0.3) is 22.2 Å². The standard InChI is InChI=1S/C14H6BrF5N2S/c1-3-5(7(15)4(2)14-13(3)21-23-22-14)6-8(16)10(18)12(20)11(19)9(6)17/h1-2H3. The second kappa shape index (κ2) is 5.48. The van der Waals surface area contributed by atoms with Crippen LogP contribution in [0, 0.1) is 42.9 Å². The lowest BCUT2D eigenvalue weighted by atomic mass is 9.95. The molecule has 23 heavy (non-hydrogen) atoms. The number of aromatic nitrogens is 2. The van der Waals surface area contributed by atoms with E-state index in [1.165, 1.54) is 6.92 Å². The molecule has 0 aliphatic rings. The minimum atomic E-state index is -2.19. The maximum absolute atomic E-state index is 14.1. The summed E-state index contributed by atoms with van der Waals surface area (Å²) >= 11 is 4.07. The Morgan fingerprint density at radius 2 is 1.13 bits per heavy atom. The number of rotatable bonds is 1. The summed E-state index contributed by atoms with van der Waals surface area (Å²) in [5.74, 6) is -9.93. The molecule has 0 spiro atoms. The molecule has 2 aromatic carbocycles.